The number of fused-ring (bicyclic) bond motifs is 7. The van der Waals surface area contributed by atoms with Crippen LogP contribution < -0.4 is 0 Å². The normalized spacial score (nSPS) is 18.4. The zero-order valence-electron chi connectivity index (χ0n) is 27.8. The van der Waals surface area contributed by atoms with Gasteiger partial charge in [-0.05, 0) is 66.6 Å². The highest BCUT2D eigenvalue weighted by atomic mass is 19.4. The van der Waals surface area contributed by atoms with E-state index < -0.39 is 12.6 Å². The molecule has 0 N–H and O–H groups in total. The highest BCUT2D eigenvalue weighted by molar-refractivity contribution is 6.02. The van der Waals surface area contributed by atoms with Crippen molar-refractivity contribution in [3.05, 3.63) is 101 Å². The molecule has 2 fully saturated rings. The van der Waals surface area contributed by atoms with Crippen LogP contribution >= 0.6 is 0 Å². The number of ether oxygens (including phenoxy) is 1. The van der Waals surface area contributed by atoms with E-state index in [1.54, 1.807) is 19.1 Å². The Morgan fingerprint density at radius 2 is 1.73 bits per heavy atom. The molecule has 0 spiro atoms. The van der Waals surface area contributed by atoms with E-state index in [9.17, 15) is 18.0 Å². The van der Waals surface area contributed by atoms with Gasteiger partial charge in [0.05, 0.1) is 48.1 Å². The van der Waals surface area contributed by atoms with Gasteiger partial charge in [-0.2, -0.15) is 13.2 Å². The average molecular weight is 664 g/mol. The minimum atomic E-state index is -4.27. The Morgan fingerprint density at radius 3 is 2.49 bits per heavy atom. The van der Waals surface area contributed by atoms with E-state index >= 15 is 0 Å². The number of morpholine rings is 1. The molecule has 49 heavy (non-hydrogen) atoms. The number of halogens is 3. The van der Waals surface area contributed by atoms with Gasteiger partial charge in [0.2, 0.25) is 0 Å². The van der Waals surface area contributed by atoms with Crippen LogP contribution in [0.15, 0.2) is 79.0 Å². The molecule has 1 unspecified atom stereocenters. The van der Waals surface area contributed by atoms with Crippen LogP contribution in [0.5, 0.6) is 0 Å². The summed E-state index contributed by atoms with van der Waals surface area (Å²) in [4.78, 5) is 20.0. The molecule has 0 bridgehead atoms. The van der Waals surface area contributed by atoms with Crippen molar-refractivity contribution in [2.45, 2.75) is 70.0 Å². The lowest BCUT2D eigenvalue weighted by molar-refractivity contribution is -0.127. The van der Waals surface area contributed by atoms with Crippen LogP contribution in [-0.4, -0.2) is 52.7 Å². The highest BCUT2D eigenvalue weighted by Crippen LogP contribution is 2.51. The quantitative estimate of drug-likeness (QED) is 0.170. The number of rotatable bonds is 6. The van der Waals surface area contributed by atoms with E-state index in [-0.39, 0.29) is 17.4 Å². The summed E-state index contributed by atoms with van der Waals surface area (Å²) in [6, 6.07) is 21.0. The van der Waals surface area contributed by atoms with Gasteiger partial charge < -0.3 is 14.2 Å². The zero-order valence-corrected chi connectivity index (χ0v) is 27.8. The first-order valence-electron chi connectivity index (χ1n) is 17.5. The Hall–Kier alpha value is -4.43. The van der Waals surface area contributed by atoms with Crippen molar-refractivity contribution in [1.29, 1.82) is 0 Å². The van der Waals surface area contributed by atoms with Gasteiger partial charge in [-0.25, -0.2) is 4.98 Å². The third-order valence-corrected chi connectivity index (χ3v) is 10.8. The molecule has 1 atom stereocenters. The standard InChI is InChI=1S/C41H40F3N3O2/c1-25(46-17-19-49-20-18-46)37-23-34-31-13-15-35(30-10-6-7-27(21-30)24-41(42,43)44)45-36(31)16-14-32(34)40-39(28-8-4-3-5-9-28)33-12-11-29(26(2)48)22-38(33)47(37)40/h6-7,10-16,21-22,28,37H,1,3-5,8-9,17-20,23-24H2,2H3. The summed E-state index contributed by atoms with van der Waals surface area (Å²) in [5.74, 6) is 0.465. The number of nitrogens with zero attached hydrogens (tertiary/aromatic N) is 3. The van der Waals surface area contributed by atoms with Gasteiger partial charge in [0.25, 0.3) is 0 Å². The summed E-state index contributed by atoms with van der Waals surface area (Å²) < 4.78 is 47.7. The van der Waals surface area contributed by atoms with E-state index in [2.05, 4.69) is 39.8 Å². The summed E-state index contributed by atoms with van der Waals surface area (Å²) in [6.45, 7) is 9.21. The number of pyridine rings is 1. The molecule has 5 aromatic rings. The Balaban J connectivity index is 1.33. The third kappa shape index (κ3) is 5.84. The molecule has 0 amide bonds. The maximum Gasteiger partial charge on any atom is 0.393 e. The molecular weight excluding hydrogens is 623 g/mol. The molecule has 1 aliphatic carbocycles. The summed E-state index contributed by atoms with van der Waals surface area (Å²) in [5, 5.41) is 2.26. The van der Waals surface area contributed by atoms with Crippen molar-refractivity contribution in [3.63, 3.8) is 0 Å². The van der Waals surface area contributed by atoms with Gasteiger partial charge in [-0.15, -0.1) is 0 Å². The molecule has 2 aromatic heterocycles. The smallest absolute Gasteiger partial charge is 0.378 e. The lowest BCUT2D eigenvalue weighted by Gasteiger charge is -2.39. The molecule has 252 valence electrons. The molecule has 5 nitrogen and oxygen atoms in total. The van der Waals surface area contributed by atoms with Gasteiger partial charge in [0, 0.05) is 52.7 Å². The fourth-order valence-electron chi connectivity index (χ4n) is 8.51. The summed E-state index contributed by atoms with van der Waals surface area (Å²) >= 11 is 0. The molecule has 8 rings (SSSR count). The molecular formula is C41H40F3N3O2. The molecule has 8 heteroatoms. The minimum Gasteiger partial charge on any atom is -0.378 e. The SMILES string of the molecule is C=C(C1Cc2c(ccc3nc(-c4cccc(CC(F)(F)F)c4)ccc23)-c2c(C3CCCCC3)c3ccc(C(C)=O)cc3n21)N1CCOCC1. The lowest BCUT2D eigenvalue weighted by Crippen LogP contribution is -2.39. The Bertz CT molecular complexity index is 2100. The average Bonchev–Trinajstić information content (AvgIpc) is 3.45. The molecule has 3 aliphatic rings. The van der Waals surface area contributed by atoms with Crippen LogP contribution in [0.2, 0.25) is 0 Å². The van der Waals surface area contributed by atoms with Crippen molar-refractivity contribution >= 4 is 27.6 Å². The minimum absolute atomic E-state index is 0.0493. The molecule has 0 radical (unpaired) electrons. The van der Waals surface area contributed by atoms with Crippen LogP contribution in [0, 0.1) is 0 Å². The van der Waals surface area contributed by atoms with Crippen molar-refractivity contribution in [2.24, 2.45) is 0 Å². The number of carbonyl (C=O) groups is 1. The van der Waals surface area contributed by atoms with Gasteiger partial charge in [0.1, 0.15) is 0 Å². The van der Waals surface area contributed by atoms with Crippen LogP contribution in [-0.2, 0) is 17.6 Å². The van der Waals surface area contributed by atoms with Gasteiger partial charge >= 0.3 is 6.18 Å². The van der Waals surface area contributed by atoms with Crippen LogP contribution in [0.4, 0.5) is 13.2 Å². The van der Waals surface area contributed by atoms with Crippen molar-refractivity contribution in [1.82, 2.24) is 14.5 Å². The number of carbonyl (C=O) groups excluding carboxylic acids is 1. The Morgan fingerprint density at radius 1 is 0.959 bits per heavy atom. The topological polar surface area (TPSA) is 47.4 Å². The number of allylic oxidation sites excluding steroid dienone is 1. The van der Waals surface area contributed by atoms with Gasteiger partial charge in [-0.1, -0.05) is 68.3 Å². The van der Waals surface area contributed by atoms with E-state index in [1.165, 1.54) is 53.1 Å². The van der Waals surface area contributed by atoms with Gasteiger partial charge in [0.15, 0.2) is 5.78 Å². The Kier molecular flexibility index (Phi) is 8.10. The van der Waals surface area contributed by atoms with Crippen LogP contribution in [0.3, 0.4) is 0 Å². The number of benzene rings is 3. The zero-order chi connectivity index (χ0) is 33.9. The second-order valence-electron chi connectivity index (χ2n) is 13.9. The third-order valence-electron chi connectivity index (χ3n) is 10.8. The van der Waals surface area contributed by atoms with E-state index in [0.29, 0.717) is 42.4 Å². The number of ketones is 1. The highest BCUT2D eigenvalue weighted by Gasteiger charge is 2.37. The molecule has 4 heterocycles. The first kappa shape index (κ1) is 31.8. The monoisotopic (exact) mass is 663 g/mol. The van der Waals surface area contributed by atoms with Gasteiger partial charge in [-0.3, -0.25) is 4.79 Å². The predicted octanol–water partition coefficient (Wildman–Crippen LogP) is 9.82. The first-order valence-corrected chi connectivity index (χ1v) is 17.5. The largest absolute Gasteiger partial charge is 0.393 e. The molecule has 1 saturated heterocycles. The van der Waals surface area contributed by atoms with Crippen molar-refractivity contribution in [2.75, 3.05) is 26.3 Å². The summed E-state index contributed by atoms with van der Waals surface area (Å²) in [6.07, 6.45) is 1.39. The molecule has 1 saturated carbocycles. The van der Waals surface area contributed by atoms with Crippen molar-refractivity contribution in [3.8, 4) is 22.5 Å². The van der Waals surface area contributed by atoms with Crippen LogP contribution in [0.25, 0.3) is 44.3 Å². The molecule has 3 aromatic carbocycles. The second-order valence-corrected chi connectivity index (χ2v) is 13.9. The fourth-order valence-corrected chi connectivity index (χ4v) is 8.51. The van der Waals surface area contributed by atoms with Crippen molar-refractivity contribution < 1.29 is 22.7 Å². The number of Topliss-reactive ketones (excluding diaryl/α,β-unsaturated/α-hetero) is 1. The predicted molar refractivity (Wildman–Crippen MR) is 188 cm³/mol. The summed E-state index contributed by atoms with van der Waals surface area (Å²) in [5.41, 5.74) is 10.2. The van der Waals surface area contributed by atoms with E-state index in [1.807, 2.05) is 18.2 Å². The number of alkyl halides is 3. The van der Waals surface area contributed by atoms with E-state index in [4.69, 9.17) is 16.3 Å². The molecule has 2 aliphatic heterocycles. The first-order chi connectivity index (χ1) is 23.7. The number of hydrogen-bond donors (Lipinski definition) is 0. The maximum absolute atomic E-state index is 13.2. The lowest BCUT2D eigenvalue weighted by atomic mass is 9.80. The Labute approximate surface area is 284 Å². The fraction of sp³-hybridized carbons (Fsp3) is 0.366. The number of aromatic nitrogens is 2. The van der Waals surface area contributed by atoms with E-state index in [0.717, 1.165) is 48.0 Å². The number of hydrogen-bond acceptors (Lipinski definition) is 4. The second kappa shape index (κ2) is 12.5. The maximum atomic E-state index is 13.2. The van der Waals surface area contributed by atoms with Crippen LogP contribution in [0.1, 0.15) is 78.0 Å². The summed E-state index contributed by atoms with van der Waals surface area (Å²) in [7, 11) is 0.